The molecule has 0 aromatic carbocycles. The highest BCUT2D eigenvalue weighted by Crippen LogP contribution is 2.35. The summed E-state index contributed by atoms with van der Waals surface area (Å²) in [5.41, 5.74) is -1.33. The second-order valence-corrected chi connectivity index (χ2v) is 6.29. The quantitative estimate of drug-likeness (QED) is 0.900. The lowest BCUT2D eigenvalue weighted by Gasteiger charge is -2.36. The number of hydrogen-bond donors (Lipinski definition) is 1. The smallest absolute Gasteiger partial charge is 0.260 e. The van der Waals surface area contributed by atoms with Crippen LogP contribution < -0.4 is 0 Å². The molecule has 0 aliphatic heterocycles. The number of nitrogens with zero attached hydrogens (tertiary/aromatic N) is 2. The van der Waals surface area contributed by atoms with Crippen molar-refractivity contribution in [2.75, 3.05) is 13.1 Å². The Kier molecular flexibility index (Phi) is 5.28. The fourth-order valence-corrected chi connectivity index (χ4v) is 2.42. The Morgan fingerprint density at radius 3 is 2.25 bits per heavy atom. The van der Waals surface area contributed by atoms with Gasteiger partial charge in [0.15, 0.2) is 5.60 Å². The lowest BCUT2D eigenvalue weighted by atomic mass is 9.79. The first-order valence-corrected chi connectivity index (χ1v) is 7.18. The van der Waals surface area contributed by atoms with Crippen LogP contribution in [0.15, 0.2) is 24.4 Å². The molecule has 1 atom stereocenters. The third kappa shape index (κ3) is 3.79. The summed E-state index contributed by atoms with van der Waals surface area (Å²) >= 11 is 0. The van der Waals surface area contributed by atoms with Gasteiger partial charge in [0, 0.05) is 19.3 Å². The van der Waals surface area contributed by atoms with Gasteiger partial charge < -0.3 is 10.0 Å². The molecule has 20 heavy (non-hydrogen) atoms. The fourth-order valence-electron chi connectivity index (χ4n) is 2.42. The highest BCUT2D eigenvalue weighted by Gasteiger charge is 2.44. The molecule has 1 rings (SSSR count). The molecule has 0 aliphatic rings. The van der Waals surface area contributed by atoms with Gasteiger partial charge in [0.2, 0.25) is 0 Å². The molecule has 1 N–H and O–H groups in total. The zero-order valence-corrected chi connectivity index (χ0v) is 13.2. The zero-order valence-electron chi connectivity index (χ0n) is 13.2. The highest BCUT2D eigenvalue weighted by atomic mass is 16.3. The van der Waals surface area contributed by atoms with Crippen molar-refractivity contribution in [3.8, 4) is 0 Å². The number of carbonyl (C=O) groups excluding carboxylic acids is 1. The maximum Gasteiger partial charge on any atom is 0.260 e. The van der Waals surface area contributed by atoms with E-state index in [1.54, 1.807) is 29.3 Å². The largest absolute Gasteiger partial charge is 0.374 e. The number of rotatable bonds is 5. The predicted octanol–water partition coefficient (Wildman–Crippen LogP) is 2.57. The van der Waals surface area contributed by atoms with Gasteiger partial charge in [-0.25, -0.2) is 0 Å². The monoisotopic (exact) mass is 278 g/mol. The molecule has 4 nitrogen and oxygen atoms in total. The van der Waals surface area contributed by atoms with Crippen LogP contribution in [0.5, 0.6) is 0 Å². The summed E-state index contributed by atoms with van der Waals surface area (Å²) in [5.74, 6) is -0.267. The van der Waals surface area contributed by atoms with Crippen LogP contribution in [0.2, 0.25) is 0 Å². The number of amides is 1. The number of hydrogen-bond acceptors (Lipinski definition) is 3. The van der Waals surface area contributed by atoms with Gasteiger partial charge >= 0.3 is 0 Å². The molecule has 0 aliphatic carbocycles. The molecule has 0 radical (unpaired) electrons. The van der Waals surface area contributed by atoms with Gasteiger partial charge in [-0.1, -0.05) is 26.8 Å². The Hall–Kier alpha value is -1.42. The van der Waals surface area contributed by atoms with E-state index in [2.05, 4.69) is 4.98 Å². The summed E-state index contributed by atoms with van der Waals surface area (Å²) in [7, 11) is 0. The normalized spacial score (nSPS) is 14.7. The number of likely N-dealkylation sites (N-methyl/N-ethyl adjacent to an activating group) is 1. The first kappa shape index (κ1) is 16.6. The average molecular weight is 278 g/mol. The number of pyridine rings is 1. The van der Waals surface area contributed by atoms with Gasteiger partial charge in [-0.15, -0.1) is 0 Å². The minimum Gasteiger partial charge on any atom is -0.374 e. The molecule has 1 amide bonds. The molecule has 0 saturated carbocycles. The van der Waals surface area contributed by atoms with Gasteiger partial charge in [-0.05, 0) is 37.8 Å². The van der Waals surface area contributed by atoms with Crippen molar-refractivity contribution in [3.05, 3.63) is 30.1 Å². The molecule has 4 heteroatoms. The Morgan fingerprint density at radius 2 is 1.85 bits per heavy atom. The van der Waals surface area contributed by atoms with Gasteiger partial charge in [-0.2, -0.15) is 0 Å². The van der Waals surface area contributed by atoms with Crippen LogP contribution in [-0.4, -0.2) is 34.0 Å². The van der Waals surface area contributed by atoms with Gasteiger partial charge in [0.25, 0.3) is 5.91 Å². The Bertz CT molecular complexity index is 436. The minimum absolute atomic E-state index is 0.185. The second kappa shape index (κ2) is 6.35. The van der Waals surface area contributed by atoms with Crippen LogP contribution in [0.4, 0.5) is 0 Å². The summed E-state index contributed by atoms with van der Waals surface area (Å²) in [6, 6.07) is 5.29. The van der Waals surface area contributed by atoms with Crippen molar-refractivity contribution in [3.63, 3.8) is 0 Å². The van der Waals surface area contributed by atoms with Crippen molar-refractivity contribution in [2.24, 2.45) is 5.41 Å². The van der Waals surface area contributed by atoms with Gasteiger partial charge in [0.05, 0.1) is 5.69 Å². The van der Waals surface area contributed by atoms with Crippen molar-refractivity contribution in [1.82, 2.24) is 9.88 Å². The van der Waals surface area contributed by atoms with Crippen LogP contribution in [-0.2, 0) is 10.4 Å². The van der Waals surface area contributed by atoms with E-state index in [9.17, 15) is 9.90 Å². The van der Waals surface area contributed by atoms with E-state index in [0.29, 0.717) is 25.2 Å². The molecule has 0 fully saturated rings. The van der Waals surface area contributed by atoms with E-state index in [-0.39, 0.29) is 11.3 Å². The molecule has 0 saturated heterocycles. The van der Waals surface area contributed by atoms with Crippen LogP contribution in [0.1, 0.15) is 46.7 Å². The maximum absolute atomic E-state index is 12.7. The van der Waals surface area contributed by atoms with Crippen LogP contribution in [0.3, 0.4) is 0 Å². The van der Waals surface area contributed by atoms with Crippen LogP contribution >= 0.6 is 0 Å². The average Bonchev–Trinajstić information content (AvgIpc) is 2.39. The predicted molar refractivity (Wildman–Crippen MR) is 80.1 cm³/mol. The summed E-state index contributed by atoms with van der Waals surface area (Å²) in [4.78, 5) is 18.6. The van der Waals surface area contributed by atoms with Gasteiger partial charge in [-0.3, -0.25) is 9.78 Å². The zero-order chi connectivity index (χ0) is 15.4. The lowest BCUT2D eigenvalue weighted by molar-refractivity contribution is -0.156. The lowest BCUT2D eigenvalue weighted by Crippen LogP contribution is -2.49. The molecule has 0 spiro atoms. The third-order valence-corrected chi connectivity index (χ3v) is 3.28. The first-order chi connectivity index (χ1) is 9.24. The Labute approximate surface area is 121 Å². The molecular weight excluding hydrogens is 252 g/mol. The molecule has 0 bridgehead atoms. The second-order valence-electron chi connectivity index (χ2n) is 6.29. The molecule has 1 heterocycles. The maximum atomic E-state index is 12.7. The summed E-state index contributed by atoms with van der Waals surface area (Å²) in [5, 5.41) is 11.1. The van der Waals surface area contributed by atoms with E-state index >= 15 is 0 Å². The van der Waals surface area contributed by atoms with E-state index in [1.807, 2.05) is 34.6 Å². The topological polar surface area (TPSA) is 53.4 Å². The summed E-state index contributed by atoms with van der Waals surface area (Å²) in [6.07, 6.45) is 1.95. The molecule has 1 aromatic rings. The van der Waals surface area contributed by atoms with Crippen LogP contribution in [0, 0.1) is 5.41 Å². The van der Waals surface area contributed by atoms with Crippen molar-refractivity contribution in [2.45, 2.75) is 46.6 Å². The standard InChI is InChI=1S/C16H26N2O2/c1-6-18(7-2)14(19)16(20,12-15(3,4)5)13-10-8-9-11-17-13/h8-11,20H,6-7,12H2,1-5H3. The van der Waals surface area contributed by atoms with E-state index in [4.69, 9.17) is 0 Å². The van der Waals surface area contributed by atoms with E-state index in [0.717, 1.165) is 0 Å². The van der Waals surface area contributed by atoms with Crippen molar-refractivity contribution >= 4 is 5.91 Å². The number of carbonyl (C=O) groups is 1. The van der Waals surface area contributed by atoms with Crippen molar-refractivity contribution < 1.29 is 9.90 Å². The summed E-state index contributed by atoms with van der Waals surface area (Å²) < 4.78 is 0. The van der Waals surface area contributed by atoms with Gasteiger partial charge in [0.1, 0.15) is 0 Å². The number of aliphatic hydroxyl groups is 1. The fraction of sp³-hybridized carbons (Fsp3) is 0.625. The SMILES string of the molecule is CCN(CC)C(=O)C(O)(CC(C)(C)C)c1ccccn1. The minimum atomic E-state index is -1.56. The van der Waals surface area contributed by atoms with E-state index in [1.165, 1.54) is 0 Å². The highest BCUT2D eigenvalue weighted by molar-refractivity contribution is 5.86. The van der Waals surface area contributed by atoms with Crippen LogP contribution in [0.25, 0.3) is 0 Å². The van der Waals surface area contributed by atoms with E-state index < -0.39 is 5.60 Å². The first-order valence-electron chi connectivity index (χ1n) is 7.18. The molecular formula is C16H26N2O2. The molecule has 1 aromatic heterocycles. The summed E-state index contributed by atoms with van der Waals surface area (Å²) in [6.45, 7) is 11.0. The Balaban J connectivity index is 3.24. The van der Waals surface area contributed by atoms with Crippen molar-refractivity contribution in [1.29, 1.82) is 0 Å². The number of aromatic nitrogens is 1. The third-order valence-electron chi connectivity index (χ3n) is 3.28. The Morgan fingerprint density at radius 1 is 1.25 bits per heavy atom. The molecule has 1 unspecified atom stereocenters. The molecule has 112 valence electrons.